The number of anilines is 1. The lowest BCUT2D eigenvalue weighted by Crippen LogP contribution is -2.47. The number of hydrogen-bond donors (Lipinski definition) is 4. The predicted molar refractivity (Wildman–Crippen MR) is 85.4 cm³/mol. The summed E-state index contributed by atoms with van der Waals surface area (Å²) < 4.78 is 1.80. The van der Waals surface area contributed by atoms with E-state index < -0.39 is 12.0 Å². The Labute approximate surface area is 143 Å². The normalized spacial score (nSPS) is 25.9. The van der Waals surface area contributed by atoms with E-state index in [1.54, 1.807) is 16.4 Å². The second kappa shape index (κ2) is 5.73. The maximum Gasteiger partial charge on any atom is 0.407 e. The number of carboxylic acid groups (broad SMARTS) is 1. The molecular weight excluding hydrogens is 328 g/mol. The molecule has 4 N–H and O–H groups in total. The molecule has 1 aromatic heterocycles. The first-order chi connectivity index (χ1) is 12.0. The minimum absolute atomic E-state index is 0.0634. The molecule has 4 rings (SSSR count). The van der Waals surface area contributed by atoms with E-state index in [4.69, 9.17) is 10.6 Å². The Hall–Kier alpha value is -2.62. The molecule has 0 aromatic carbocycles. The van der Waals surface area contributed by atoms with Crippen molar-refractivity contribution in [3.05, 3.63) is 11.9 Å². The summed E-state index contributed by atoms with van der Waals surface area (Å²) in [5.41, 5.74) is 3.10. The van der Waals surface area contributed by atoms with Crippen LogP contribution >= 0.6 is 0 Å². The number of hydroxylamine groups is 1. The van der Waals surface area contributed by atoms with E-state index in [2.05, 4.69) is 5.10 Å². The van der Waals surface area contributed by atoms with E-state index in [1.807, 2.05) is 0 Å². The zero-order valence-corrected chi connectivity index (χ0v) is 13.6. The molecule has 3 aliphatic rings. The first-order valence-electron chi connectivity index (χ1n) is 8.32. The van der Waals surface area contributed by atoms with Crippen molar-refractivity contribution in [3.63, 3.8) is 0 Å². The molecule has 1 aliphatic carbocycles. The van der Waals surface area contributed by atoms with Gasteiger partial charge >= 0.3 is 6.09 Å². The molecule has 0 spiro atoms. The second-order valence-corrected chi connectivity index (χ2v) is 6.90. The quantitative estimate of drug-likeness (QED) is 0.356. The Balaban J connectivity index is 1.61. The molecule has 10 nitrogen and oxygen atoms in total. The van der Waals surface area contributed by atoms with Crippen LogP contribution in [0.5, 0.6) is 0 Å². The molecule has 1 aromatic rings. The van der Waals surface area contributed by atoms with E-state index in [0.717, 1.165) is 12.8 Å². The van der Waals surface area contributed by atoms with Crippen molar-refractivity contribution in [2.24, 2.45) is 11.8 Å². The van der Waals surface area contributed by atoms with Crippen LogP contribution in [0.3, 0.4) is 0 Å². The molecule has 2 atom stereocenters. The van der Waals surface area contributed by atoms with Crippen LogP contribution in [-0.4, -0.2) is 55.4 Å². The van der Waals surface area contributed by atoms with E-state index in [9.17, 15) is 14.7 Å². The molecule has 1 saturated heterocycles. The van der Waals surface area contributed by atoms with Gasteiger partial charge in [-0.2, -0.15) is 5.10 Å². The average molecular weight is 348 g/mol. The van der Waals surface area contributed by atoms with Crippen LogP contribution in [0.25, 0.3) is 0 Å². The second-order valence-electron chi connectivity index (χ2n) is 6.90. The molecule has 0 radical (unpaired) electrons. The van der Waals surface area contributed by atoms with Gasteiger partial charge in [0.2, 0.25) is 5.91 Å². The fourth-order valence-electron chi connectivity index (χ4n) is 3.82. The lowest BCUT2D eigenvalue weighted by Gasteiger charge is -2.35. The fraction of sp³-hybridized carbons (Fsp3) is 0.600. The summed E-state index contributed by atoms with van der Waals surface area (Å²) in [6, 6.07) is -0.0634. The molecule has 2 amide bonds. The third kappa shape index (κ3) is 2.62. The van der Waals surface area contributed by atoms with Gasteiger partial charge in [0.25, 0.3) is 0 Å². The summed E-state index contributed by atoms with van der Waals surface area (Å²) in [5, 5.41) is 30.5. The highest BCUT2D eigenvalue weighted by Crippen LogP contribution is 2.40. The van der Waals surface area contributed by atoms with E-state index in [0.29, 0.717) is 23.8 Å². The summed E-state index contributed by atoms with van der Waals surface area (Å²) in [5.74, 6) is -0.276. The molecule has 25 heavy (non-hydrogen) atoms. The van der Waals surface area contributed by atoms with E-state index in [1.165, 1.54) is 9.80 Å². The largest absolute Gasteiger partial charge is 0.465 e. The molecule has 2 aliphatic heterocycles. The Morgan fingerprint density at radius 2 is 2.12 bits per heavy atom. The Bertz CT molecular complexity index is 742. The third-order valence-corrected chi connectivity index (χ3v) is 5.36. The minimum atomic E-state index is -0.952. The van der Waals surface area contributed by atoms with Gasteiger partial charge in [-0.1, -0.05) is 0 Å². The van der Waals surface area contributed by atoms with Gasteiger partial charge in [0.15, 0.2) is 0 Å². The highest BCUT2D eigenvalue weighted by Gasteiger charge is 2.43. The molecule has 134 valence electrons. The Kier molecular flexibility index (Phi) is 3.64. The van der Waals surface area contributed by atoms with Gasteiger partial charge in [0.1, 0.15) is 5.84 Å². The van der Waals surface area contributed by atoms with Crippen LogP contribution in [0, 0.1) is 17.2 Å². The lowest BCUT2D eigenvalue weighted by molar-refractivity contribution is -0.117. The zero-order valence-electron chi connectivity index (χ0n) is 13.6. The number of amidine groups is 1. The number of hydrogen-bond acceptors (Lipinski definition) is 5. The summed E-state index contributed by atoms with van der Waals surface area (Å²) in [4.78, 5) is 27.0. The average Bonchev–Trinajstić information content (AvgIpc) is 3.26. The van der Waals surface area contributed by atoms with Crippen LogP contribution in [0.1, 0.15) is 25.0 Å². The molecule has 2 fully saturated rings. The van der Waals surface area contributed by atoms with Gasteiger partial charge in [-0.3, -0.25) is 30.5 Å². The predicted octanol–water partition coefficient (Wildman–Crippen LogP) is 0.464. The van der Waals surface area contributed by atoms with Crippen molar-refractivity contribution in [1.82, 2.24) is 20.2 Å². The first kappa shape index (κ1) is 15.9. The van der Waals surface area contributed by atoms with Crippen LogP contribution in [0.2, 0.25) is 0 Å². The van der Waals surface area contributed by atoms with Crippen molar-refractivity contribution in [3.8, 4) is 0 Å². The number of amides is 2. The highest BCUT2D eigenvalue weighted by atomic mass is 16.5. The molecular formula is C15H20N6O4. The molecule has 3 heterocycles. The Morgan fingerprint density at radius 3 is 2.76 bits per heavy atom. The van der Waals surface area contributed by atoms with Crippen LogP contribution in [-0.2, 0) is 17.9 Å². The van der Waals surface area contributed by atoms with Gasteiger partial charge in [-0.05, 0) is 18.8 Å². The monoisotopic (exact) mass is 348 g/mol. The number of nitrogens with one attached hydrogen (secondary N) is 2. The fourth-order valence-corrected chi connectivity index (χ4v) is 3.82. The van der Waals surface area contributed by atoms with Crippen molar-refractivity contribution < 1.29 is 19.9 Å². The number of carbonyl (C=O) groups is 2. The molecule has 10 heteroatoms. The molecule has 2 unspecified atom stereocenters. The number of aromatic nitrogens is 2. The van der Waals surface area contributed by atoms with Crippen molar-refractivity contribution in [1.29, 1.82) is 5.41 Å². The summed E-state index contributed by atoms with van der Waals surface area (Å²) in [7, 11) is 0. The number of rotatable bonds is 3. The maximum atomic E-state index is 12.3. The van der Waals surface area contributed by atoms with Crippen molar-refractivity contribution in [2.75, 3.05) is 11.4 Å². The smallest absolute Gasteiger partial charge is 0.407 e. The summed E-state index contributed by atoms with van der Waals surface area (Å²) in [6.45, 7) is 0.977. The summed E-state index contributed by atoms with van der Waals surface area (Å²) >= 11 is 0. The van der Waals surface area contributed by atoms with Gasteiger partial charge in [-0.15, -0.1) is 0 Å². The topological polar surface area (TPSA) is 135 Å². The maximum absolute atomic E-state index is 12.3. The van der Waals surface area contributed by atoms with Crippen molar-refractivity contribution >= 4 is 23.5 Å². The summed E-state index contributed by atoms with van der Waals surface area (Å²) in [6.07, 6.45) is 2.86. The zero-order chi connectivity index (χ0) is 17.7. The molecule has 0 bridgehead atoms. The number of nitrogens with zero attached hydrogens (tertiary/aromatic N) is 4. The van der Waals surface area contributed by atoms with Gasteiger partial charge in [0.05, 0.1) is 36.7 Å². The standard InChI is InChI=1S/C15H20N6O4/c16-14(18-25)9-3-13(22)19(5-9)10-4-17-21-7-11(8-1-2-8)20(15(23)24)6-12(10)21/h4,8-9,11,25H,1-3,5-7H2,(H2,16,18)(H,23,24). The lowest BCUT2D eigenvalue weighted by atomic mass is 10.1. The Morgan fingerprint density at radius 1 is 1.36 bits per heavy atom. The number of carbonyl (C=O) groups excluding carboxylic acids is 1. The highest BCUT2D eigenvalue weighted by molar-refractivity contribution is 6.01. The number of fused-ring (bicyclic) bond motifs is 1. The van der Waals surface area contributed by atoms with Crippen molar-refractivity contribution in [2.45, 2.75) is 38.4 Å². The van der Waals surface area contributed by atoms with Crippen LogP contribution in [0.4, 0.5) is 10.5 Å². The third-order valence-electron chi connectivity index (χ3n) is 5.36. The van der Waals surface area contributed by atoms with Gasteiger partial charge < -0.3 is 10.0 Å². The first-order valence-corrected chi connectivity index (χ1v) is 8.32. The SMILES string of the molecule is N=C(NO)C1CC(=O)N(c2cnn3c2CN(C(=O)O)C(C2CC2)C3)C1. The minimum Gasteiger partial charge on any atom is -0.465 e. The van der Waals surface area contributed by atoms with Crippen LogP contribution < -0.4 is 10.4 Å². The van der Waals surface area contributed by atoms with Gasteiger partial charge in [-0.25, -0.2) is 4.79 Å². The molecule has 1 saturated carbocycles. The van der Waals surface area contributed by atoms with Gasteiger partial charge in [0, 0.05) is 18.9 Å². The van der Waals surface area contributed by atoms with E-state index in [-0.39, 0.29) is 37.3 Å². The van der Waals surface area contributed by atoms with Crippen LogP contribution in [0.15, 0.2) is 6.20 Å². The van der Waals surface area contributed by atoms with E-state index >= 15 is 0 Å².